The summed E-state index contributed by atoms with van der Waals surface area (Å²) < 4.78 is 36.7. The molecule has 2 atom stereocenters. The summed E-state index contributed by atoms with van der Waals surface area (Å²) in [6.07, 6.45) is 5.90. The standard InChI is InChI=1S/C46H55FN10O6S2/c1-30(43-50-28-36(29-51-43)63-21-6-8-40(58)48-4)54-55-41(59)25-46(2,3)65-64-22-15-42(60)57-19-17-56(18-20-57)35-13-10-31(11-14-35)44(61)52-27-33-9-12-34(23-39(33)47)53-45(62)38-24-37(38)32-7-5-16-49-26-32/h5,7,9-14,16,23,26,28-29,37-38H,6,8,15,17-22,24-25,27H2,1-4H3,(H,48,58)(H,52,61)(H,53,62)(H,55,59)/b54-30+/t37-,38+/m1/s1/i24D2. The molecule has 1 saturated carbocycles. The first-order valence-corrected chi connectivity index (χ1v) is 23.6. The molecule has 2 aliphatic rings. The Morgan fingerprint density at radius 1 is 0.985 bits per heavy atom. The van der Waals surface area contributed by atoms with Gasteiger partial charge in [0.15, 0.2) is 11.6 Å². The van der Waals surface area contributed by atoms with Crippen LogP contribution in [0.25, 0.3) is 0 Å². The Hall–Kier alpha value is -6.08. The fourth-order valence-corrected chi connectivity index (χ4v) is 9.27. The van der Waals surface area contributed by atoms with Gasteiger partial charge >= 0.3 is 0 Å². The molecule has 344 valence electrons. The average Bonchev–Trinajstić information content (AvgIpc) is 3.92. The highest BCUT2D eigenvalue weighted by Crippen LogP contribution is 2.47. The molecule has 0 unspecified atom stereocenters. The van der Waals surface area contributed by atoms with Crippen LogP contribution in [0.3, 0.4) is 0 Å². The van der Waals surface area contributed by atoms with Crippen molar-refractivity contribution in [2.24, 2.45) is 11.0 Å². The lowest BCUT2D eigenvalue weighted by Gasteiger charge is -2.36. The fraction of sp³-hybridized carbons (Fsp3) is 0.413. The number of carbonyl (C=O) groups is 5. The largest absolute Gasteiger partial charge is 0.490 e. The Kier molecular flexibility index (Phi) is 16.2. The van der Waals surface area contributed by atoms with Crippen LogP contribution in [0.1, 0.15) is 88.8 Å². The predicted molar refractivity (Wildman–Crippen MR) is 251 cm³/mol. The highest BCUT2D eigenvalue weighted by Gasteiger charge is 2.44. The summed E-state index contributed by atoms with van der Waals surface area (Å²) >= 11 is 0. The van der Waals surface area contributed by atoms with Crippen molar-refractivity contribution in [3.63, 3.8) is 0 Å². The molecule has 4 N–H and O–H groups in total. The molecular weight excluding hydrogens is 872 g/mol. The number of anilines is 2. The molecule has 1 saturated heterocycles. The molecule has 0 bridgehead atoms. The van der Waals surface area contributed by atoms with Crippen LogP contribution in [0.15, 0.2) is 84.5 Å². The second-order valence-corrected chi connectivity index (χ2v) is 19.1. The molecule has 2 aromatic heterocycles. The average molecular weight is 929 g/mol. The van der Waals surface area contributed by atoms with Gasteiger partial charge in [-0.3, -0.25) is 29.0 Å². The molecule has 6 rings (SSSR count). The zero-order valence-corrected chi connectivity index (χ0v) is 38.4. The van der Waals surface area contributed by atoms with Gasteiger partial charge in [0.1, 0.15) is 11.5 Å². The lowest BCUT2D eigenvalue weighted by molar-refractivity contribution is -0.131. The highest BCUT2D eigenvalue weighted by molar-refractivity contribution is 8.77. The number of carbonyl (C=O) groups excluding carboxylic acids is 5. The molecule has 0 spiro atoms. The van der Waals surface area contributed by atoms with Crippen LogP contribution in [0.5, 0.6) is 5.75 Å². The van der Waals surface area contributed by atoms with Gasteiger partial charge in [-0.25, -0.2) is 19.8 Å². The van der Waals surface area contributed by atoms with Gasteiger partial charge in [-0.2, -0.15) is 5.10 Å². The molecule has 0 radical (unpaired) electrons. The maximum Gasteiger partial charge on any atom is 0.251 e. The Bertz CT molecular complexity index is 2410. The molecule has 3 heterocycles. The minimum absolute atomic E-state index is 0.0533. The van der Waals surface area contributed by atoms with E-state index in [2.05, 4.69) is 46.3 Å². The molecule has 1 aliphatic carbocycles. The van der Waals surface area contributed by atoms with E-state index in [0.717, 1.165) is 11.8 Å². The van der Waals surface area contributed by atoms with E-state index in [1.54, 1.807) is 72.2 Å². The van der Waals surface area contributed by atoms with Crippen LogP contribution in [0, 0.1) is 11.7 Å². The minimum atomic E-state index is -1.74. The number of hydrogen-bond acceptors (Lipinski definition) is 13. The van der Waals surface area contributed by atoms with Crippen LogP contribution in [0.4, 0.5) is 15.8 Å². The number of ether oxygens (including phenoxy) is 1. The van der Waals surface area contributed by atoms with Crippen LogP contribution < -0.4 is 31.0 Å². The van der Waals surface area contributed by atoms with E-state index in [9.17, 15) is 24.0 Å². The molecule has 16 nitrogen and oxygen atoms in total. The number of hydrazone groups is 1. The van der Waals surface area contributed by atoms with Gasteiger partial charge in [0.25, 0.3) is 5.91 Å². The SMILES string of the molecule is [2H]C1([2H])[C@H](C(=O)Nc2ccc(CNC(=O)c3ccc(N4CCN(C(=O)CCSSC(C)(C)CC(=O)N/N=C(\C)c5ncc(OCCCC(=O)NC)cn5)CC4)cc3)c(F)c2)[C@H]1c1cccnc1. The highest BCUT2D eigenvalue weighted by atomic mass is 33.1. The predicted octanol–water partition coefficient (Wildman–Crippen LogP) is 5.72. The summed E-state index contributed by atoms with van der Waals surface area (Å²) in [5.41, 5.74) is 5.37. The number of halogens is 1. The van der Waals surface area contributed by atoms with Crippen molar-refractivity contribution in [2.45, 2.75) is 70.0 Å². The van der Waals surface area contributed by atoms with E-state index < -0.39 is 34.7 Å². The summed E-state index contributed by atoms with van der Waals surface area (Å²) in [6.45, 7) is 8.26. The third kappa shape index (κ3) is 14.7. The first-order valence-electron chi connectivity index (χ1n) is 22.2. The number of benzene rings is 2. The maximum absolute atomic E-state index is 15.0. The molecule has 19 heteroatoms. The first kappa shape index (κ1) is 45.5. The molecule has 4 aromatic rings. The van der Waals surface area contributed by atoms with Crippen LogP contribution >= 0.6 is 21.6 Å². The molecular formula is C46H55FN10O6S2. The topological polar surface area (TPSA) is 200 Å². The minimum Gasteiger partial charge on any atom is -0.490 e. The van der Waals surface area contributed by atoms with Gasteiger partial charge in [0, 0.05) is 113 Å². The lowest BCUT2D eigenvalue weighted by atomic mass is 10.1. The summed E-state index contributed by atoms with van der Waals surface area (Å²) in [4.78, 5) is 79.5. The molecule has 5 amide bonds. The Labute approximate surface area is 389 Å². The molecule has 65 heavy (non-hydrogen) atoms. The number of aromatic nitrogens is 3. The number of pyridine rings is 1. The van der Waals surface area contributed by atoms with Crippen LogP contribution in [-0.4, -0.2) is 105 Å². The van der Waals surface area contributed by atoms with E-state index in [4.69, 9.17) is 7.48 Å². The zero-order chi connectivity index (χ0) is 48.1. The normalized spacial score (nSPS) is 17.3. The second-order valence-electron chi connectivity index (χ2n) is 16.0. The maximum atomic E-state index is 15.0. The van der Waals surface area contributed by atoms with Crippen LogP contribution in [0.2, 0.25) is 0 Å². The second kappa shape index (κ2) is 23.2. The number of hydrogen-bond donors (Lipinski definition) is 4. The lowest BCUT2D eigenvalue weighted by Crippen LogP contribution is -2.48. The van der Waals surface area contributed by atoms with Crippen molar-refractivity contribution in [3.05, 3.63) is 108 Å². The summed E-state index contributed by atoms with van der Waals surface area (Å²) in [7, 11) is 4.68. The van der Waals surface area contributed by atoms with Gasteiger partial charge in [-0.05, 0) is 87.5 Å². The van der Waals surface area contributed by atoms with Crippen LogP contribution in [-0.2, 0) is 25.7 Å². The van der Waals surface area contributed by atoms with E-state index in [1.807, 2.05) is 30.9 Å². The summed E-state index contributed by atoms with van der Waals surface area (Å²) in [5.74, 6) is -1.96. The molecule has 2 aromatic carbocycles. The van der Waals surface area contributed by atoms with Crippen molar-refractivity contribution >= 4 is 68.2 Å². The smallest absolute Gasteiger partial charge is 0.251 e. The quantitative estimate of drug-likeness (QED) is 0.0344. The fourth-order valence-electron chi connectivity index (χ4n) is 6.78. The van der Waals surface area contributed by atoms with Gasteiger partial charge in [0.2, 0.25) is 23.6 Å². The Balaban J connectivity index is 0.848. The Morgan fingerprint density at radius 2 is 1.74 bits per heavy atom. The van der Waals surface area contributed by atoms with Gasteiger partial charge in [-0.1, -0.05) is 33.7 Å². The number of amides is 5. The van der Waals surface area contributed by atoms with E-state index in [0.29, 0.717) is 86.2 Å². The zero-order valence-electron chi connectivity index (χ0n) is 38.8. The van der Waals surface area contributed by atoms with E-state index in [1.165, 1.54) is 24.5 Å². The number of piperazine rings is 1. The molecule has 2 fully saturated rings. The first-order chi connectivity index (χ1) is 32.0. The van der Waals surface area contributed by atoms with Crippen molar-refractivity contribution in [2.75, 3.05) is 55.8 Å². The number of nitrogens with zero attached hydrogens (tertiary/aromatic N) is 6. The third-order valence-electron chi connectivity index (χ3n) is 10.5. The van der Waals surface area contributed by atoms with Gasteiger partial charge in [-0.15, -0.1) is 0 Å². The number of nitrogens with one attached hydrogen (secondary N) is 4. The monoisotopic (exact) mass is 928 g/mol. The Morgan fingerprint density at radius 3 is 2.43 bits per heavy atom. The van der Waals surface area contributed by atoms with Gasteiger partial charge in [0.05, 0.1) is 19.0 Å². The third-order valence-corrected chi connectivity index (χ3v) is 13.8. The van der Waals surface area contributed by atoms with Crippen molar-refractivity contribution < 1.29 is 35.8 Å². The van der Waals surface area contributed by atoms with E-state index in [-0.39, 0.29) is 47.8 Å². The van der Waals surface area contributed by atoms with E-state index >= 15 is 4.39 Å². The molecule has 1 aliphatic heterocycles. The van der Waals surface area contributed by atoms with Crippen molar-refractivity contribution in [3.8, 4) is 5.75 Å². The number of rotatable bonds is 21. The van der Waals surface area contributed by atoms with Crippen molar-refractivity contribution in [1.29, 1.82) is 0 Å². The summed E-state index contributed by atoms with van der Waals surface area (Å²) in [6, 6.07) is 14.7. The van der Waals surface area contributed by atoms with Crippen molar-refractivity contribution in [1.82, 2.24) is 35.9 Å². The van der Waals surface area contributed by atoms with Gasteiger partial charge < -0.3 is 30.5 Å². The summed E-state index contributed by atoms with van der Waals surface area (Å²) in [5, 5.41) is 12.1.